The summed E-state index contributed by atoms with van der Waals surface area (Å²) in [7, 11) is 1.87. The Morgan fingerprint density at radius 2 is 1.81 bits per heavy atom. The summed E-state index contributed by atoms with van der Waals surface area (Å²) in [5.74, 6) is 1.60. The highest BCUT2D eigenvalue weighted by atomic mass is 16.5. The molecular weight excluding hydrogens is 264 g/mol. The van der Waals surface area contributed by atoms with Crippen molar-refractivity contribution in [2.75, 3.05) is 5.32 Å². The van der Waals surface area contributed by atoms with E-state index in [9.17, 15) is 0 Å². The van der Waals surface area contributed by atoms with Gasteiger partial charge in [0, 0.05) is 7.05 Å². The maximum atomic E-state index is 5.91. The Labute approximate surface area is 123 Å². The van der Waals surface area contributed by atoms with Crippen LogP contribution in [-0.2, 0) is 13.6 Å². The molecule has 0 unspecified atom stereocenters. The maximum Gasteiger partial charge on any atom is 0.150 e. The minimum Gasteiger partial charge on any atom is -0.455 e. The zero-order valence-corrected chi connectivity index (χ0v) is 11.7. The second-order valence-electron chi connectivity index (χ2n) is 4.61. The molecule has 0 spiro atoms. The highest BCUT2D eigenvalue weighted by Gasteiger charge is 2.05. The molecule has 0 aliphatic rings. The van der Waals surface area contributed by atoms with Crippen LogP contribution in [0.25, 0.3) is 0 Å². The lowest BCUT2D eigenvalue weighted by Gasteiger charge is -2.12. The zero-order valence-electron chi connectivity index (χ0n) is 11.7. The third kappa shape index (κ3) is 3.20. The standard InChI is InChI=1S/C16H16N4O/c1-20-13(12-18-19-20)11-17-15-9-5-6-10-16(15)21-14-7-3-2-4-8-14/h2-10,12,17H,11H2,1H3. The summed E-state index contributed by atoms with van der Waals surface area (Å²) in [5.41, 5.74) is 1.94. The number of hydrogen-bond donors (Lipinski definition) is 1. The van der Waals surface area contributed by atoms with E-state index in [-0.39, 0.29) is 0 Å². The lowest BCUT2D eigenvalue weighted by atomic mass is 10.2. The van der Waals surface area contributed by atoms with Gasteiger partial charge in [0.2, 0.25) is 0 Å². The quantitative estimate of drug-likeness (QED) is 0.779. The molecule has 2 aromatic carbocycles. The molecule has 0 saturated carbocycles. The minimum absolute atomic E-state index is 0.638. The smallest absolute Gasteiger partial charge is 0.150 e. The highest BCUT2D eigenvalue weighted by Crippen LogP contribution is 2.29. The Balaban J connectivity index is 1.75. The van der Waals surface area contributed by atoms with Gasteiger partial charge in [-0.2, -0.15) is 0 Å². The van der Waals surface area contributed by atoms with Crippen LogP contribution in [0.1, 0.15) is 5.69 Å². The van der Waals surface area contributed by atoms with Crippen LogP contribution in [-0.4, -0.2) is 15.0 Å². The van der Waals surface area contributed by atoms with Crippen LogP contribution in [0.15, 0.2) is 60.8 Å². The first-order chi connectivity index (χ1) is 10.3. The van der Waals surface area contributed by atoms with Crippen LogP contribution >= 0.6 is 0 Å². The summed E-state index contributed by atoms with van der Waals surface area (Å²) in [6, 6.07) is 17.6. The van der Waals surface area contributed by atoms with E-state index < -0.39 is 0 Å². The van der Waals surface area contributed by atoms with Gasteiger partial charge in [-0.25, -0.2) is 0 Å². The molecule has 1 aromatic heterocycles. The van der Waals surface area contributed by atoms with Crippen LogP contribution in [0, 0.1) is 0 Å². The highest BCUT2D eigenvalue weighted by molar-refractivity contribution is 5.57. The minimum atomic E-state index is 0.638. The number of aryl methyl sites for hydroxylation is 1. The first-order valence-electron chi connectivity index (χ1n) is 6.72. The monoisotopic (exact) mass is 280 g/mol. The van der Waals surface area contributed by atoms with Crippen molar-refractivity contribution in [1.82, 2.24) is 15.0 Å². The molecule has 0 atom stereocenters. The average molecular weight is 280 g/mol. The molecule has 0 aliphatic carbocycles. The van der Waals surface area contributed by atoms with Gasteiger partial charge in [-0.3, -0.25) is 4.68 Å². The van der Waals surface area contributed by atoms with Crippen molar-refractivity contribution >= 4 is 5.69 Å². The summed E-state index contributed by atoms with van der Waals surface area (Å²) in [6.45, 7) is 0.638. The molecule has 21 heavy (non-hydrogen) atoms. The molecule has 0 saturated heterocycles. The predicted octanol–water partition coefficient (Wildman–Crippen LogP) is 3.22. The molecule has 5 heteroatoms. The Kier molecular flexibility index (Phi) is 3.82. The molecule has 0 amide bonds. The summed E-state index contributed by atoms with van der Waals surface area (Å²) < 4.78 is 7.65. The van der Waals surface area contributed by atoms with Crippen molar-refractivity contribution in [3.05, 3.63) is 66.5 Å². The van der Waals surface area contributed by atoms with Gasteiger partial charge in [0.05, 0.1) is 24.1 Å². The number of hydrogen-bond acceptors (Lipinski definition) is 4. The molecule has 1 N–H and O–H groups in total. The first-order valence-corrected chi connectivity index (χ1v) is 6.72. The molecule has 0 radical (unpaired) electrons. The third-order valence-corrected chi connectivity index (χ3v) is 3.13. The second kappa shape index (κ2) is 6.09. The van der Waals surface area contributed by atoms with E-state index in [4.69, 9.17) is 4.74 Å². The van der Waals surface area contributed by atoms with Crippen molar-refractivity contribution in [2.45, 2.75) is 6.54 Å². The molecule has 3 aromatic rings. The van der Waals surface area contributed by atoms with Crippen molar-refractivity contribution in [3.63, 3.8) is 0 Å². The lowest BCUT2D eigenvalue weighted by molar-refractivity contribution is 0.484. The van der Waals surface area contributed by atoms with Gasteiger partial charge in [0.1, 0.15) is 5.75 Å². The van der Waals surface area contributed by atoms with Gasteiger partial charge in [0.15, 0.2) is 5.75 Å². The van der Waals surface area contributed by atoms with E-state index in [0.717, 1.165) is 22.9 Å². The third-order valence-electron chi connectivity index (χ3n) is 3.13. The molecule has 106 valence electrons. The van der Waals surface area contributed by atoms with Gasteiger partial charge < -0.3 is 10.1 Å². The topological polar surface area (TPSA) is 52.0 Å². The molecule has 1 heterocycles. The summed E-state index contributed by atoms with van der Waals surface area (Å²) in [5, 5.41) is 11.1. The van der Waals surface area contributed by atoms with Crippen molar-refractivity contribution < 1.29 is 4.74 Å². The predicted molar refractivity (Wildman–Crippen MR) is 81.3 cm³/mol. The van der Waals surface area contributed by atoms with E-state index in [2.05, 4.69) is 15.6 Å². The molecule has 0 bridgehead atoms. The summed E-state index contributed by atoms with van der Waals surface area (Å²) >= 11 is 0. The number of para-hydroxylation sites is 3. The van der Waals surface area contributed by atoms with Gasteiger partial charge >= 0.3 is 0 Å². The average Bonchev–Trinajstić information content (AvgIpc) is 2.93. The summed E-state index contributed by atoms with van der Waals surface area (Å²) in [4.78, 5) is 0. The molecular formula is C16H16N4O. The van der Waals surface area contributed by atoms with Gasteiger partial charge in [0.25, 0.3) is 0 Å². The van der Waals surface area contributed by atoms with Crippen LogP contribution in [0.4, 0.5) is 5.69 Å². The largest absolute Gasteiger partial charge is 0.455 e. The van der Waals surface area contributed by atoms with E-state index in [1.165, 1.54) is 0 Å². The van der Waals surface area contributed by atoms with Gasteiger partial charge in [-0.05, 0) is 24.3 Å². The lowest BCUT2D eigenvalue weighted by Crippen LogP contribution is -2.06. The van der Waals surface area contributed by atoms with Crippen LogP contribution in [0.5, 0.6) is 11.5 Å². The number of ether oxygens (including phenoxy) is 1. The fraction of sp³-hybridized carbons (Fsp3) is 0.125. The number of benzene rings is 2. The van der Waals surface area contributed by atoms with Crippen LogP contribution < -0.4 is 10.1 Å². The van der Waals surface area contributed by atoms with Gasteiger partial charge in [-0.15, -0.1) is 5.10 Å². The van der Waals surface area contributed by atoms with E-state index >= 15 is 0 Å². The number of nitrogens with zero attached hydrogens (tertiary/aromatic N) is 3. The first kappa shape index (κ1) is 13.2. The van der Waals surface area contributed by atoms with E-state index in [1.807, 2.05) is 61.6 Å². The van der Waals surface area contributed by atoms with Crippen LogP contribution in [0.2, 0.25) is 0 Å². The number of nitrogens with one attached hydrogen (secondary N) is 1. The molecule has 3 rings (SSSR count). The number of aromatic nitrogens is 3. The molecule has 0 fully saturated rings. The zero-order chi connectivity index (χ0) is 14.5. The maximum absolute atomic E-state index is 5.91. The molecule has 0 aliphatic heterocycles. The normalized spacial score (nSPS) is 10.3. The second-order valence-corrected chi connectivity index (χ2v) is 4.61. The Hall–Kier alpha value is -2.82. The summed E-state index contributed by atoms with van der Waals surface area (Å²) in [6.07, 6.45) is 1.74. The fourth-order valence-corrected chi connectivity index (χ4v) is 1.97. The Morgan fingerprint density at radius 3 is 2.57 bits per heavy atom. The van der Waals surface area contributed by atoms with Gasteiger partial charge in [-0.1, -0.05) is 35.5 Å². The SMILES string of the molecule is Cn1nncc1CNc1ccccc1Oc1ccccc1. The van der Waals surface area contributed by atoms with Crippen molar-refractivity contribution in [3.8, 4) is 11.5 Å². The Morgan fingerprint density at radius 1 is 1.05 bits per heavy atom. The Bertz CT molecular complexity index is 709. The van der Waals surface area contributed by atoms with E-state index in [1.54, 1.807) is 10.9 Å². The van der Waals surface area contributed by atoms with Crippen LogP contribution in [0.3, 0.4) is 0 Å². The number of anilines is 1. The van der Waals surface area contributed by atoms with Crippen molar-refractivity contribution in [2.24, 2.45) is 7.05 Å². The van der Waals surface area contributed by atoms with Crippen molar-refractivity contribution in [1.29, 1.82) is 0 Å². The fourth-order valence-electron chi connectivity index (χ4n) is 1.97. The number of rotatable bonds is 5. The molecule has 5 nitrogen and oxygen atoms in total. The van der Waals surface area contributed by atoms with E-state index in [0.29, 0.717) is 6.54 Å².